The van der Waals surface area contributed by atoms with E-state index in [-0.39, 0.29) is 29.9 Å². The van der Waals surface area contributed by atoms with Crippen molar-refractivity contribution < 1.29 is 14.4 Å². The van der Waals surface area contributed by atoms with Crippen molar-refractivity contribution in [1.29, 1.82) is 0 Å². The van der Waals surface area contributed by atoms with Crippen molar-refractivity contribution in [2.24, 2.45) is 5.92 Å². The lowest BCUT2D eigenvalue weighted by Crippen LogP contribution is -2.55. The molecule has 3 fully saturated rings. The van der Waals surface area contributed by atoms with E-state index in [1.807, 2.05) is 29.2 Å². The first-order valence-electron chi connectivity index (χ1n) is 10.5. The minimum Gasteiger partial charge on any atom is -0.334 e. The van der Waals surface area contributed by atoms with Gasteiger partial charge in [0.2, 0.25) is 5.91 Å². The lowest BCUT2D eigenvalue weighted by Gasteiger charge is -2.36. The molecule has 2 saturated heterocycles. The Bertz CT molecular complexity index is 792. The molecule has 0 spiro atoms. The topological polar surface area (TPSA) is 85.0 Å². The summed E-state index contributed by atoms with van der Waals surface area (Å²) in [6, 6.07) is 7.62. The van der Waals surface area contributed by atoms with E-state index in [0.717, 1.165) is 36.9 Å². The van der Waals surface area contributed by atoms with Gasteiger partial charge in [-0.25, -0.2) is 9.59 Å². The molecule has 1 aromatic rings. The molecule has 2 N–H and O–H groups in total. The van der Waals surface area contributed by atoms with Gasteiger partial charge in [0, 0.05) is 51.4 Å². The van der Waals surface area contributed by atoms with Crippen molar-refractivity contribution in [2.45, 2.75) is 38.3 Å². The minimum atomic E-state index is -0.118. The molecule has 1 aromatic carbocycles. The van der Waals surface area contributed by atoms with Crippen LogP contribution in [-0.4, -0.2) is 71.9 Å². The van der Waals surface area contributed by atoms with Crippen molar-refractivity contribution in [1.82, 2.24) is 20.0 Å². The third-order valence-electron chi connectivity index (χ3n) is 6.19. The summed E-state index contributed by atoms with van der Waals surface area (Å²) in [6.45, 7) is 2.73. The summed E-state index contributed by atoms with van der Waals surface area (Å²) < 4.78 is 0. The number of rotatable bonds is 4. The third kappa shape index (κ3) is 4.31. The van der Waals surface area contributed by atoms with Crippen LogP contribution in [0.4, 0.5) is 15.3 Å². The average Bonchev–Trinajstić information content (AvgIpc) is 3.35. The highest BCUT2D eigenvalue weighted by Gasteiger charge is 2.39. The normalized spacial score (nSPS) is 22.0. The van der Waals surface area contributed by atoms with Gasteiger partial charge in [-0.3, -0.25) is 4.79 Å². The van der Waals surface area contributed by atoms with Crippen LogP contribution < -0.4 is 10.6 Å². The fraction of sp³-hybridized carbons (Fsp3) is 0.571. The molecule has 8 heteroatoms. The Labute approximate surface area is 171 Å². The number of fused-ring (bicyclic) bond motifs is 1. The fourth-order valence-corrected chi connectivity index (χ4v) is 4.54. The second kappa shape index (κ2) is 8.31. The lowest BCUT2D eigenvalue weighted by atomic mass is 10.1. The Morgan fingerprint density at radius 3 is 2.72 bits per heavy atom. The van der Waals surface area contributed by atoms with Gasteiger partial charge in [0.15, 0.2) is 0 Å². The number of piperazine rings is 1. The second-order valence-electron chi connectivity index (χ2n) is 8.29. The standard InChI is InChI=1S/C21H29N5O3/c1-24-13-18-14-25(9-10-26(18)21(24)29)20(28)22-12-15-5-4-8-17(11-15)23-19(27)16-6-2-3-7-16/h4-5,8,11,16,18H,2-3,6-7,9-10,12-14H2,1H3,(H,22,28)(H,23,27). The smallest absolute Gasteiger partial charge is 0.320 e. The predicted molar refractivity (Wildman–Crippen MR) is 109 cm³/mol. The SMILES string of the molecule is CN1CC2CN(C(=O)NCc3cccc(NC(=O)C4CCCC4)c3)CCN2C1=O. The molecule has 29 heavy (non-hydrogen) atoms. The number of carbonyl (C=O) groups excluding carboxylic acids is 3. The number of hydrogen-bond donors (Lipinski definition) is 2. The van der Waals surface area contributed by atoms with E-state index in [9.17, 15) is 14.4 Å². The lowest BCUT2D eigenvalue weighted by molar-refractivity contribution is -0.119. The predicted octanol–water partition coefficient (Wildman–Crippen LogP) is 2.08. The zero-order valence-corrected chi connectivity index (χ0v) is 16.9. The van der Waals surface area contributed by atoms with E-state index in [1.165, 1.54) is 0 Å². The summed E-state index contributed by atoms with van der Waals surface area (Å²) in [5.41, 5.74) is 1.71. The van der Waals surface area contributed by atoms with Crippen LogP contribution in [-0.2, 0) is 11.3 Å². The summed E-state index contributed by atoms with van der Waals surface area (Å²) in [7, 11) is 1.80. The van der Waals surface area contributed by atoms with Crippen molar-refractivity contribution >= 4 is 23.7 Å². The number of nitrogens with one attached hydrogen (secondary N) is 2. The summed E-state index contributed by atoms with van der Waals surface area (Å²) in [4.78, 5) is 42.3. The monoisotopic (exact) mass is 399 g/mol. The van der Waals surface area contributed by atoms with E-state index >= 15 is 0 Å². The van der Waals surface area contributed by atoms with E-state index in [2.05, 4.69) is 10.6 Å². The largest absolute Gasteiger partial charge is 0.334 e. The van der Waals surface area contributed by atoms with E-state index in [1.54, 1.807) is 16.8 Å². The Hall–Kier alpha value is -2.77. The van der Waals surface area contributed by atoms with Crippen LogP contribution in [0.25, 0.3) is 0 Å². The molecule has 4 rings (SSSR count). The highest BCUT2D eigenvalue weighted by molar-refractivity contribution is 5.92. The maximum Gasteiger partial charge on any atom is 0.320 e. The Balaban J connectivity index is 1.28. The number of benzene rings is 1. The van der Waals surface area contributed by atoms with Crippen LogP contribution in [0.3, 0.4) is 0 Å². The summed E-state index contributed by atoms with van der Waals surface area (Å²) in [6.07, 6.45) is 4.20. The first-order chi connectivity index (χ1) is 14.0. The number of nitrogens with zero attached hydrogens (tertiary/aromatic N) is 3. The molecule has 0 radical (unpaired) electrons. The van der Waals surface area contributed by atoms with Crippen molar-refractivity contribution in [3.05, 3.63) is 29.8 Å². The highest BCUT2D eigenvalue weighted by atomic mass is 16.2. The van der Waals surface area contributed by atoms with Gasteiger partial charge in [-0.1, -0.05) is 25.0 Å². The highest BCUT2D eigenvalue weighted by Crippen LogP contribution is 2.26. The van der Waals surface area contributed by atoms with Crippen LogP contribution in [0.1, 0.15) is 31.2 Å². The first kappa shape index (κ1) is 19.5. The molecule has 3 aliphatic rings. The molecule has 8 nitrogen and oxygen atoms in total. The molecule has 5 amide bonds. The summed E-state index contributed by atoms with van der Waals surface area (Å²) in [5, 5.41) is 5.97. The van der Waals surface area contributed by atoms with Crippen LogP contribution in [0.5, 0.6) is 0 Å². The van der Waals surface area contributed by atoms with Gasteiger partial charge in [-0.05, 0) is 30.5 Å². The number of likely N-dealkylation sites (N-methyl/N-ethyl adjacent to an activating group) is 1. The molecule has 0 bridgehead atoms. The molecule has 156 valence electrons. The van der Waals surface area contributed by atoms with Gasteiger partial charge >= 0.3 is 12.1 Å². The van der Waals surface area contributed by atoms with E-state index < -0.39 is 0 Å². The van der Waals surface area contributed by atoms with Gasteiger partial charge in [0.1, 0.15) is 0 Å². The van der Waals surface area contributed by atoms with Crippen LogP contribution in [0, 0.1) is 5.92 Å². The molecule has 1 saturated carbocycles. The van der Waals surface area contributed by atoms with Crippen LogP contribution in [0.15, 0.2) is 24.3 Å². The molecule has 2 heterocycles. The van der Waals surface area contributed by atoms with E-state index in [4.69, 9.17) is 0 Å². The molecular weight excluding hydrogens is 370 g/mol. The molecule has 2 aliphatic heterocycles. The number of urea groups is 2. The first-order valence-corrected chi connectivity index (χ1v) is 10.5. The van der Waals surface area contributed by atoms with Crippen molar-refractivity contribution in [2.75, 3.05) is 38.5 Å². The van der Waals surface area contributed by atoms with Gasteiger partial charge in [-0.15, -0.1) is 0 Å². The number of hydrogen-bond acceptors (Lipinski definition) is 3. The summed E-state index contributed by atoms with van der Waals surface area (Å²) >= 11 is 0. The Kier molecular flexibility index (Phi) is 5.60. The molecular formula is C21H29N5O3. The van der Waals surface area contributed by atoms with Gasteiger partial charge in [0.25, 0.3) is 0 Å². The Morgan fingerprint density at radius 2 is 1.93 bits per heavy atom. The maximum atomic E-state index is 12.6. The molecule has 0 aromatic heterocycles. The maximum absolute atomic E-state index is 12.6. The number of carbonyl (C=O) groups is 3. The number of anilines is 1. The summed E-state index contributed by atoms with van der Waals surface area (Å²) in [5.74, 6) is 0.219. The quantitative estimate of drug-likeness (QED) is 0.813. The van der Waals surface area contributed by atoms with Gasteiger partial charge in [-0.2, -0.15) is 0 Å². The zero-order valence-electron chi connectivity index (χ0n) is 16.9. The molecule has 1 unspecified atom stereocenters. The number of amides is 5. The van der Waals surface area contributed by atoms with Crippen molar-refractivity contribution in [3.63, 3.8) is 0 Å². The van der Waals surface area contributed by atoms with Crippen LogP contribution >= 0.6 is 0 Å². The second-order valence-corrected chi connectivity index (χ2v) is 8.29. The van der Waals surface area contributed by atoms with E-state index in [0.29, 0.717) is 32.7 Å². The third-order valence-corrected chi connectivity index (χ3v) is 6.19. The van der Waals surface area contributed by atoms with Gasteiger partial charge in [0.05, 0.1) is 6.04 Å². The minimum absolute atomic E-state index is 0.0477. The average molecular weight is 399 g/mol. The van der Waals surface area contributed by atoms with Gasteiger partial charge < -0.3 is 25.3 Å². The molecule has 1 atom stereocenters. The Morgan fingerprint density at radius 1 is 1.14 bits per heavy atom. The fourth-order valence-electron chi connectivity index (χ4n) is 4.54. The zero-order chi connectivity index (χ0) is 20.4. The van der Waals surface area contributed by atoms with Crippen LogP contribution in [0.2, 0.25) is 0 Å². The molecule has 1 aliphatic carbocycles. The van der Waals surface area contributed by atoms with Crippen molar-refractivity contribution in [3.8, 4) is 0 Å².